The topological polar surface area (TPSA) is 112 Å². The van der Waals surface area contributed by atoms with Crippen LogP contribution in [0.4, 0.5) is 17.6 Å². The van der Waals surface area contributed by atoms with Gasteiger partial charge in [0.15, 0.2) is 19.0 Å². The third-order valence-electron chi connectivity index (χ3n) is 3.26. The molecule has 138 valence electrons. The van der Waals surface area contributed by atoms with Crippen LogP contribution in [-0.2, 0) is 16.1 Å². The summed E-state index contributed by atoms with van der Waals surface area (Å²) in [7, 11) is 0. The van der Waals surface area contributed by atoms with Gasteiger partial charge in [-0.2, -0.15) is 15.0 Å². The summed E-state index contributed by atoms with van der Waals surface area (Å²) in [5.74, 6) is 0.446. The van der Waals surface area contributed by atoms with E-state index in [0.29, 0.717) is 10.8 Å². The second kappa shape index (κ2) is 8.81. The monoisotopic (exact) mass is 385 g/mol. The first-order valence-electron chi connectivity index (χ1n) is 7.95. The normalized spacial score (nSPS) is 10.3. The van der Waals surface area contributed by atoms with Crippen molar-refractivity contribution in [2.24, 2.45) is 0 Å². The minimum atomic E-state index is -0.568. The maximum atomic E-state index is 11.8. The van der Waals surface area contributed by atoms with Gasteiger partial charge in [0.2, 0.25) is 11.9 Å². The van der Waals surface area contributed by atoms with Crippen molar-refractivity contribution in [3.8, 4) is 5.75 Å². The van der Waals surface area contributed by atoms with Crippen molar-refractivity contribution in [1.82, 2.24) is 15.0 Å². The zero-order chi connectivity index (χ0) is 19.1. The first-order valence-corrected chi connectivity index (χ1v) is 8.33. The van der Waals surface area contributed by atoms with E-state index in [9.17, 15) is 4.79 Å². The van der Waals surface area contributed by atoms with Crippen LogP contribution in [0.3, 0.4) is 0 Å². The number of benzene rings is 2. The highest BCUT2D eigenvalue weighted by molar-refractivity contribution is 6.30. The number of nitrogens with one attached hydrogen (secondary N) is 1. The number of aromatic nitrogens is 3. The fourth-order valence-electron chi connectivity index (χ4n) is 2.07. The van der Waals surface area contributed by atoms with Crippen molar-refractivity contribution in [2.45, 2.75) is 6.61 Å². The Morgan fingerprint density at radius 3 is 2.52 bits per heavy atom. The number of rotatable bonds is 7. The number of nitrogens with two attached hydrogens (primary N) is 1. The highest BCUT2D eigenvalue weighted by atomic mass is 35.5. The average molecular weight is 386 g/mol. The number of para-hydroxylation sites is 1. The molecule has 0 aliphatic rings. The Balaban J connectivity index is 1.54. The molecule has 0 unspecified atom stereocenters. The van der Waals surface area contributed by atoms with Gasteiger partial charge >= 0.3 is 5.97 Å². The van der Waals surface area contributed by atoms with E-state index in [1.807, 2.05) is 30.3 Å². The third kappa shape index (κ3) is 5.82. The molecule has 1 aromatic heterocycles. The quantitative estimate of drug-likeness (QED) is 0.597. The number of anilines is 3. The molecule has 3 N–H and O–H groups in total. The van der Waals surface area contributed by atoms with Crippen molar-refractivity contribution in [2.75, 3.05) is 17.7 Å². The number of halogens is 1. The number of hydrogen-bond acceptors (Lipinski definition) is 8. The van der Waals surface area contributed by atoms with E-state index < -0.39 is 5.97 Å². The average Bonchev–Trinajstić information content (AvgIpc) is 2.66. The second-order valence-electron chi connectivity index (χ2n) is 5.33. The fourth-order valence-corrected chi connectivity index (χ4v) is 2.19. The molecule has 0 fully saturated rings. The van der Waals surface area contributed by atoms with Crippen molar-refractivity contribution in [1.29, 1.82) is 0 Å². The predicted octanol–water partition coefficient (Wildman–Crippen LogP) is 2.97. The molecule has 0 radical (unpaired) electrons. The molecule has 9 heteroatoms. The summed E-state index contributed by atoms with van der Waals surface area (Å²) < 4.78 is 10.4. The standard InChI is InChI=1S/C18H16ClN5O3/c19-12-6-8-14(9-7-12)26-11-16(25)27-10-15-22-17(20)24-18(23-15)21-13-4-2-1-3-5-13/h1-9H,10-11H2,(H3,20,21,22,23,24). The zero-order valence-electron chi connectivity index (χ0n) is 14.1. The molecule has 0 aliphatic heterocycles. The molecule has 1 heterocycles. The largest absolute Gasteiger partial charge is 0.482 e. The lowest BCUT2D eigenvalue weighted by Gasteiger charge is -2.09. The van der Waals surface area contributed by atoms with E-state index in [0.717, 1.165) is 5.69 Å². The van der Waals surface area contributed by atoms with Crippen molar-refractivity contribution >= 4 is 35.2 Å². The highest BCUT2D eigenvalue weighted by Crippen LogP contribution is 2.16. The predicted molar refractivity (Wildman–Crippen MR) is 101 cm³/mol. The number of hydrogen-bond donors (Lipinski definition) is 2. The fraction of sp³-hybridized carbons (Fsp3) is 0.111. The molecule has 2 aromatic carbocycles. The Morgan fingerprint density at radius 2 is 1.78 bits per heavy atom. The van der Waals surface area contributed by atoms with Gasteiger partial charge in [-0.05, 0) is 36.4 Å². The van der Waals surface area contributed by atoms with E-state index in [-0.39, 0.29) is 30.9 Å². The molecular formula is C18H16ClN5O3. The summed E-state index contributed by atoms with van der Waals surface area (Å²) >= 11 is 5.79. The minimum Gasteiger partial charge on any atom is -0.482 e. The third-order valence-corrected chi connectivity index (χ3v) is 3.51. The van der Waals surface area contributed by atoms with E-state index in [2.05, 4.69) is 20.3 Å². The van der Waals surface area contributed by atoms with Gasteiger partial charge in [-0.15, -0.1) is 0 Å². The van der Waals surface area contributed by atoms with E-state index in [4.69, 9.17) is 26.8 Å². The van der Waals surface area contributed by atoms with Gasteiger partial charge in [-0.3, -0.25) is 0 Å². The minimum absolute atomic E-state index is 0.0203. The number of esters is 1. The van der Waals surface area contributed by atoms with E-state index >= 15 is 0 Å². The molecule has 0 spiro atoms. The summed E-state index contributed by atoms with van der Waals surface area (Å²) in [5.41, 5.74) is 6.48. The van der Waals surface area contributed by atoms with Crippen LogP contribution in [0.1, 0.15) is 5.82 Å². The van der Waals surface area contributed by atoms with Crippen LogP contribution in [0.5, 0.6) is 5.75 Å². The Kier molecular flexibility index (Phi) is 6.01. The molecule has 0 saturated heterocycles. The molecule has 0 bridgehead atoms. The summed E-state index contributed by atoms with van der Waals surface area (Å²) in [6.07, 6.45) is 0. The van der Waals surface area contributed by atoms with Crippen molar-refractivity contribution in [3.63, 3.8) is 0 Å². The van der Waals surface area contributed by atoms with Crippen LogP contribution in [0, 0.1) is 0 Å². The van der Waals surface area contributed by atoms with Crippen LogP contribution in [0.2, 0.25) is 5.02 Å². The number of carbonyl (C=O) groups excluding carboxylic acids is 1. The summed E-state index contributed by atoms with van der Waals surface area (Å²) in [6.45, 7) is -0.406. The lowest BCUT2D eigenvalue weighted by atomic mass is 10.3. The maximum absolute atomic E-state index is 11.8. The Labute approximate surface area is 160 Å². The summed E-state index contributed by atoms with van der Waals surface area (Å²) in [5, 5.41) is 3.59. The maximum Gasteiger partial charge on any atom is 0.344 e. The molecule has 27 heavy (non-hydrogen) atoms. The van der Waals surface area contributed by atoms with Gasteiger partial charge in [-0.1, -0.05) is 29.8 Å². The van der Waals surface area contributed by atoms with Gasteiger partial charge in [-0.25, -0.2) is 4.79 Å². The van der Waals surface area contributed by atoms with Gasteiger partial charge in [0.25, 0.3) is 0 Å². The Hall–Kier alpha value is -3.39. The van der Waals surface area contributed by atoms with Crippen LogP contribution >= 0.6 is 11.6 Å². The molecular weight excluding hydrogens is 370 g/mol. The molecule has 0 amide bonds. The van der Waals surface area contributed by atoms with Crippen molar-refractivity contribution < 1.29 is 14.3 Å². The molecule has 3 aromatic rings. The van der Waals surface area contributed by atoms with Crippen LogP contribution in [0.25, 0.3) is 0 Å². The lowest BCUT2D eigenvalue weighted by molar-refractivity contribution is -0.147. The molecule has 3 rings (SSSR count). The molecule has 0 atom stereocenters. The van der Waals surface area contributed by atoms with Crippen LogP contribution < -0.4 is 15.8 Å². The van der Waals surface area contributed by atoms with Gasteiger partial charge in [0.05, 0.1) is 0 Å². The number of carbonyl (C=O) groups is 1. The number of ether oxygens (including phenoxy) is 2. The second-order valence-corrected chi connectivity index (χ2v) is 5.76. The number of nitrogen functional groups attached to an aromatic ring is 1. The first kappa shape index (κ1) is 18.4. The zero-order valence-corrected chi connectivity index (χ0v) is 14.9. The molecule has 0 aliphatic carbocycles. The van der Waals surface area contributed by atoms with Crippen LogP contribution in [0.15, 0.2) is 54.6 Å². The van der Waals surface area contributed by atoms with Gasteiger partial charge in [0, 0.05) is 10.7 Å². The van der Waals surface area contributed by atoms with Crippen LogP contribution in [-0.4, -0.2) is 27.5 Å². The Morgan fingerprint density at radius 1 is 1.04 bits per heavy atom. The summed E-state index contributed by atoms with van der Waals surface area (Å²) in [4.78, 5) is 24.0. The van der Waals surface area contributed by atoms with E-state index in [1.54, 1.807) is 24.3 Å². The van der Waals surface area contributed by atoms with Gasteiger partial charge < -0.3 is 20.5 Å². The molecule has 8 nitrogen and oxygen atoms in total. The highest BCUT2D eigenvalue weighted by Gasteiger charge is 2.09. The van der Waals surface area contributed by atoms with Crippen molar-refractivity contribution in [3.05, 3.63) is 65.4 Å². The van der Waals surface area contributed by atoms with E-state index in [1.165, 1.54) is 0 Å². The number of nitrogens with zero attached hydrogens (tertiary/aromatic N) is 3. The molecule has 0 saturated carbocycles. The first-order chi connectivity index (χ1) is 13.1. The van der Waals surface area contributed by atoms with Gasteiger partial charge in [0.1, 0.15) is 5.75 Å². The lowest BCUT2D eigenvalue weighted by Crippen LogP contribution is -2.16. The smallest absolute Gasteiger partial charge is 0.344 e. The summed E-state index contributed by atoms with van der Waals surface area (Å²) in [6, 6.07) is 16.0. The Bertz CT molecular complexity index is 907. The SMILES string of the molecule is Nc1nc(COC(=O)COc2ccc(Cl)cc2)nc(Nc2ccccc2)n1.